The predicted octanol–water partition coefficient (Wildman–Crippen LogP) is 4.60. The van der Waals surface area contributed by atoms with E-state index in [0.717, 1.165) is 35.5 Å². The first-order chi connectivity index (χ1) is 38.2. The van der Waals surface area contributed by atoms with Crippen LogP contribution in [0.2, 0.25) is 0 Å². The fourth-order valence-corrected chi connectivity index (χ4v) is 12.8. The smallest absolute Gasteiger partial charge is 0.370 e. The number of rotatable bonds is 16. The number of imide groups is 1. The molecule has 6 heterocycles. The first-order valence-electron chi connectivity index (χ1n) is 26.8. The van der Waals surface area contributed by atoms with Gasteiger partial charge in [0.15, 0.2) is 0 Å². The molecule has 9 amide bonds. The van der Waals surface area contributed by atoms with Gasteiger partial charge in [0.25, 0.3) is 11.8 Å². The number of nitrogens with zero attached hydrogens (tertiary/aromatic N) is 3. The lowest BCUT2D eigenvalue weighted by Gasteiger charge is -2.36. The number of carbonyl (C=O) groups is 9. The van der Waals surface area contributed by atoms with Crippen LogP contribution < -0.4 is 27.0 Å². The number of benzene rings is 3. The summed E-state index contributed by atoms with van der Waals surface area (Å²) in [6.45, 7) is 1.00. The van der Waals surface area contributed by atoms with Crippen molar-refractivity contribution in [1.29, 1.82) is 0 Å². The van der Waals surface area contributed by atoms with Crippen molar-refractivity contribution >= 4 is 82.2 Å². The number of fused-ring (bicyclic) bond motifs is 3. The zero-order chi connectivity index (χ0) is 57.0. The number of carbonyl (C=O) groups excluding carboxylic acids is 9. The van der Waals surface area contributed by atoms with Gasteiger partial charge in [0, 0.05) is 66.3 Å². The first kappa shape index (κ1) is 57.3. The summed E-state index contributed by atoms with van der Waals surface area (Å²) in [7, 11) is -5.86. The highest BCUT2D eigenvalue weighted by Crippen LogP contribution is 2.59. The van der Waals surface area contributed by atoms with E-state index in [-0.39, 0.29) is 85.0 Å². The van der Waals surface area contributed by atoms with Gasteiger partial charge >= 0.3 is 13.3 Å². The van der Waals surface area contributed by atoms with Crippen molar-refractivity contribution in [2.24, 2.45) is 11.7 Å². The minimum atomic E-state index is -5.86. The summed E-state index contributed by atoms with van der Waals surface area (Å²) in [5.41, 5.74) is 2.55. The average molecular weight is 1140 g/mol. The Hall–Kier alpha value is -7.38. The molecule has 9 rings (SSSR count). The van der Waals surface area contributed by atoms with Crippen LogP contribution in [-0.4, -0.2) is 121 Å². The summed E-state index contributed by atoms with van der Waals surface area (Å²) in [5.74, 6) is 1.80. The fraction of sp³-hybridized carbons (Fsp3) is 0.446. The molecule has 0 aliphatic carbocycles. The van der Waals surface area contributed by atoms with Crippen molar-refractivity contribution in [2.75, 3.05) is 13.1 Å². The van der Waals surface area contributed by atoms with Crippen LogP contribution in [0.3, 0.4) is 0 Å². The van der Waals surface area contributed by atoms with E-state index in [4.69, 9.17) is 5.73 Å². The minimum absolute atomic E-state index is 0.0504. The third-order valence-corrected chi connectivity index (χ3v) is 17.9. The molecule has 80 heavy (non-hydrogen) atoms. The van der Waals surface area contributed by atoms with Gasteiger partial charge in [-0.2, -0.15) is 8.78 Å². The minimum Gasteiger partial charge on any atom is -0.370 e. The number of nitrogens with one attached hydrogen (secondary N) is 4. The molecule has 4 fully saturated rings. The van der Waals surface area contributed by atoms with Gasteiger partial charge < -0.3 is 46.2 Å². The number of piperidine rings is 2. The van der Waals surface area contributed by atoms with Crippen molar-refractivity contribution in [1.82, 2.24) is 36.0 Å². The molecule has 5 aliphatic rings. The Morgan fingerprint density at radius 2 is 1.64 bits per heavy atom. The number of nitrogens with two attached hydrogens (primary N) is 1. The fourth-order valence-electron chi connectivity index (χ4n) is 11.4. The van der Waals surface area contributed by atoms with E-state index in [0.29, 0.717) is 79.4 Å². The van der Waals surface area contributed by atoms with Crippen molar-refractivity contribution in [3.8, 4) is 11.8 Å². The maximum absolute atomic E-state index is 14.5. The van der Waals surface area contributed by atoms with Gasteiger partial charge in [-0.05, 0) is 111 Å². The monoisotopic (exact) mass is 1140 g/mol. The third-order valence-electron chi connectivity index (χ3n) is 15.8. The second-order valence-electron chi connectivity index (χ2n) is 21.0. The summed E-state index contributed by atoms with van der Waals surface area (Å²) >= 11 is 0.934. The molecule has 0 spiro atoms. The molecular weight excluding hydrogens is 1080 g/mol. The van der Waals surface area contributed by atoms with Crippen molar-refractivity contribution in [3.05, 3.63) is 105 Å². The van der Waals surface area contributed by atoms with Gasteiger partial charge in [-0.1, -0.05) is 67.1 Å². The van der Waals surface area contributed by atoms with E-state index >= 15 is 0 Å². The molecule has 8 N–H and O–H groups in total. The average Bonchev–Trinajstić information content (AvgIpc) is 4.25. The van der Waals surface area contributed by atoms with Gasteiger partial charge in [0.1, 0.15) is 30.2 Å². The van der Waals surface area contributed by atoms with Gasteiger partial charge in [-0.25, -0.2) is 0 Å². The van der Waals surface area contributed by atoms with Crippen LogP contribution in [0.5, 0.6) is 0 Å². The Bertz CT molecular complexity index is 3240. The molecule has 24 heteroatoms. The maximum Gasteiger partial charge on any atom is 0.399 e. The van der Waals surface area contributed by atoms with Crippen molar-refractivity contribution < 1.29 is 66.3 Å². The van der Waals surface area contributed by atoms with Gasteiger partial charge in [0.2, 0.25) is 41.4 Å². The molecule has 20 nitrogen and oxygen atoms in total. The lowest BCUT2D eigenvalue weighted by molar-refractivity contribution is -0.143. The standard InChI is InChI=1S/C56H61F2N8O12PS/c57-56(58,79(76,77)78)36-17-22-44-35(29-36)30-45(80-44)52(72)61-41-16-7-6-14-37-18-20-43(66(37)54(41)74)51(71)60-40(19-23-46(59)67)49(69)63-48(34-11-2-1-3-12-34)55(75)64-27-25-32(26-28-64)9-4-5-10-33-13-8-15-38-39(33)31-65(53(38)73)42-21-24-47(68)62-50(42)70/h1-3,8,11-13,15,17,22,29-30,32,37,40-43,48H,4,6-7,9,14,16,18-21,23-28,31H2,(H2,59,67)(H,60,71)(H,61,72)(H,63,69)(H,62,68,70)(H2,76,77,78)/t37-,40-,41-,42?,43-,48-/m0/s1. The van der Waals surface area contributed by atoms with Crippen LogP contribution in [0.15, 0.2) is 72.8 Å². The molecule has 1 aromatic heterocycles. The van der Waals surface area contributed by atoms with E-state index in [1.807, 2.05) is 6.07 Å². The number of alkyl halides is 2. The van der Waals surface area contributed by atoms with E-state index in [9.17, 15) is 66.3 Å². The lowest BCUT2D eigenvalue weighted by atomic mass is 9.91. The van der Waals surface area contributed by atoms with Gasteiger partial charge in [-0.15, -0.1) is 11.3 Å². The Morgan fingerprint density at radius 3 is 2.36 bits per heavy atom. The number of halogens is 2. The number of amides is 9. The number of likely N-dealkylation sites (tertiary alicyclic amines) is 1. The molecule has 1 unspecified atom stereocenters. The van der Waals surface area contributed by atoms with E-state index < -0.39 is 84.5 Å². The van der Waals surface area contributed by atoms with Crippen molar-refractivity contribution in [3.63, 3.8) is 0 Å². The second kappa shape index (κ2) is 24.1. The Morgan fingerprint density at radius 1 is 0.887 bits per heavy atom. The molecule has 5 aliphatic heterocycles. The topological polar surface area (TPSA) is 295 Å². The quantitative estimate of drug-likeness (QED) is 0.0460. The highest BCUT2D eigenvalue weighted by Gasteiger charge is 2.51. The van der Waals surface area contributed by atoms with E-state index in [1.54, 1.807) is 47.4 Å². The Balaban J connectivity index is 0.823. The van der Waals surface area contributed by atoms with Crippen LogP contribution in [0.4, 0.5) is 8.78 Å². The molecule has 4 aromatic rings. The zero-order valence-corrected chi connectivity index (χ0v) is 45.2. The molecule has 0 radical (unpaired) electrons. The van der Waals surface area contributed by atoms with Crippen LogP contribution in [0.1, 0.15) is 138 Å². The summed E-state index contributed by atoms with van der Waals surface area (Å²) < 4.78 is 41.0. The Labute approximate surface area is 463 Å². The van der Waals surface area contributed by atoms with Crippen molar-refractivity contribution in [2.45, 2.75) is 138 Å². The second-order valence-corrected chi connectivity index (χ2v) is 23.7. The van der Waals surface area contributed by atoms with Crippen LogP contribution in [0, 0.1) is 17.8 Å². The molecule has 0 saturated carbocycles. The normalized spacial score (nSPS) is 21.5. The van der Waals surface area contributed by atoms with Crippen LogP contribution in [-0.2, 0) is 50.3 Å². The third kappa shape index (κ3) is 12.5. The molecule has 422 valence electrons. The van der Waals surface area contributed by atoms with Crippen LogP contribution >= 0.6 is 18.9 Å². The summed E-state index contributed by atoms with van der Waals surface area (Å²) in [4.78, 5) is 144. The predicted molar refractivity (Wildman–Crippen MR) is 287 cm³/mol. The SMILES string of the molecule is NC(=O)CC[C@H](NC(=O)[C@@H]1CC[C@@H]2CCCC[C@H](NC(=O)c3cc4cc(C(F)(F)P(=O)(O)O)ccc4s3)C(=O)N21)C(=O)N[C@H](C(=O)N1CCC(CCC#Cc2cccc3c2CN(C2CCC(=O)NC2=O)C3=O)CC1)c1ccccc1. The Kier molecular flexibility index (Phi) is 17.3. The molecule has 0 bridgehead atoms. The first-order valence-corrected chi connectivity index (χ1v) is 29.2. The van der Waals surface area contributed by atoms with E-state index in [2.05, 4.69) is 33.1 Å². The zero-order valence-electron chi connectivity index (χ0n) is 43.5. The van der Waals surface area contributed by atoms with Crippen LogP contribution in [0.25, 0.3) is 10.1 Å². The molecule has 3 aromatic carbocycles. The number of primary amides is 1. The number of thiophene rings is 1. The summed E-state index contributed by atoms with van der Waals surface area (Å²) in [5, 5.41) is 10.8. The number of hydrogen-bond acceptors (Lipinski definition) is 11. The lowest BCUT2D eigenvalue weighted by Crippen LogP contribution is -2.58. The number of hydrogen-bond donors (Lipinski definition) is 7. The summed E-state index contributed by atoms with van der Waals surface area (Å²) in [6, 6.07) is 12.4. The maximum atomic E-state index is 14.5. The highest BCUT2D eigenvalue weighted by molar-refractivity contribution is 7.52. The highest BCUT2D eigenvalue weighted by atomic mass is 32.1. The summed E-state index contributed by atoms with van der Waals surface area (Å²) in [6.07, 6.45) is 5.21. The van der Waals surface area contributed by atoms with E-state index in [1.165, 1.54) is 21.9 Å². The molecule has 6 atom stereocenters. The molecular formula is C56H61F2N8O12PS. The molecule has 4 saturated heterocycles. The van der Waals surface area contributed by atoms with Gasteiger partial charge in [-0.3, -0.25) is 53.0 Å². The largest absolute Gasteiger partial charge is 0.399 e. The van der Waals surface area contributed by atoms with Gasteiger partial charge in [0.05, 0.1) is 4.88 Å².